The average molecular weight is 188 g/mol. The lowest BCUT2D eigenvalue weighted by molar-refractivity contribution is 0.343. The third-order valence-electron chi connectivity index (χ3n) is 2.06. The molecule has 0 amide bonds. The van der Waals surface area contributed by atoms with Crippen LogP contribution in [0, 0.1) is 11.8 Å². The molecule has 0 bridgehead atoms. The van der Waals surface area contributed by atoms with Gasteiger partial charge in [0.05, 0.1) is 6.61 Å². The molecule has 0 radical (unpaired) electrons. The monoisotopic (exact) mass is 188 g/mol. The largest absolute Gasteiger partial charge is 0.392 e. The maximum absolute atomic E-state index is 8.46. The summed E-state index contributed by atoms with van der Waals surface area (Å²) in [5, 5.41) is 8.46. The molecule has 1 N–H and O–H groups in total. The molecule has 74 valence electrons. The highest BCUT2D eigenvalue weighted by atomic mass is 16.2. The van der Waals surface area contributed by atoms with E-state index in [4.69, 9.17) is 5.11 Å². The Morgan fingerprint density at radius 1 is 1.36 bits per heavy atom. The molecule has 14 heavy (non-hydrogen) atoms. The van der Waals surface area contributed by atoms with Gasteiger partial charge in [-0.2, -0.15) is 0 Å². The van der Waals surface area contributed by atoms with Crippen molar-refractivity contribution < 1.29 is 5.11 Å². The molecule has 0 saturated heterocycles. The van der Waals surface area contributed by atoms with Gasteiger partial charge in [-0.3, -0.25) is 0 Å². The first kappa shape index (κ1) is 10.8. The highest BCUT2D eigenvalue weighted by Gasteiger charge is 1.98. The quantitative estimate of drug-likeness (QED) is 0.521. The summed E-state index contributed by atoms with van der Waals surface area (Å²) in [7, 11) is 0. The summed E-state index contributed by atoms with van der Waals surface area (Å²) < 4.78 is 0. The molecular weight excluding hydrogens is 172 g/mol. The molecule has 0 aromatic heterocycles. The lowest BCUT2D eigenvalue weighted by Gasteiger charge is -2.05. The number of aliphatic hydroxyl groups is 1. The van der Waals surface area contributed by atoms with Gasteiger partial charge in [0.15, 0.2) is 0 Å². The topological polar surface area (TPSA) is 20.2 Å². The van der Waals surface area contributed by atoms with Gasteiger partial charge < -0.3 is 5.11 Å². The van der Waals surface area contributed by atoms with Crippen molar-refractivity contribution in [3.63, 3.8) is 0 Å². The summed E-state index contributed by atoms with van der Waals surface area (Å²) in [6.45, 7) is 0.0862. The highest BCUT2D eigenvalue weighted by Crippen LogP contribution is 2.15. The molecule has 0 atom stereocenters. The van der Waals surface area contributed by atoms with E-state index in [1.807, 2.05) is 12.2 Å². The Morgan fingerprint density at radius 2 is 2.29 bits per heavy atom. The Hall–Kier alpha value is -1.26. The van der Waals surface area contributed by atoms with E-state index in [0.29, 0.717) is 0 Å². The maximum Gasteiger partial charge on any atom is 0.0615 e. The van der Waals surface area contributed by atoms with Crippen LogP contribution in [0.5, 0.6) is 0 Å². The second kappa shape index (κ2) is 7.17. The van der Waals surface area contributed by atoms with E-state index in [-0.39, 0.29) is 6.61 Å². The van der Waals surface area contributed by atoms with Gasteiger partial charge in [0.2, 0.25) is 0 Å². The Balaban J connectivity index is 2.35. The molecule has 0 aliphatic heterocycles. The van der Waals surface area contributed by atoms with Crippen molar-refractivity contribution in [1.82, 2.24) is 0 Å². The van der Waals surface area contributed by atoms with Gasteiger partial charge in [0.25, 0.3) is 0 Å². The van der Waals surface area contributed by atoms with Crippen LogP contribution in [0.4, 0.5) is 0 Å². The summed E-state index contributed by atoms with van der Waals surface area (Å²) in [4.78, 5) is 0. The number of hydrogen-bond donors (Lipinski definition) is 1. The molecular formula is C13H16O. The van der Waals surface area contributed by atoms with Crippen molar-refractivity contribution in [3.05, 3.63) is 36.0 Å². The fraction of sp³-hybridized carbons (Fsp3) is 0.385. The Morgan fingerprint density at radius 3 is 3.00 bits per heavy atom. The van der Waals surface area contributed by atoms with Crippen molar-refractivity contribution in [1.29, 1.82) is 0 Å². The lowest BCUT2D eigenvalue weighted by Crippen LogP contribution is -1.87. The molecule has 0 spiro atoms. The van der Waals surface area contributed by atoms with Crippen molar-refractivity contribution in [2.45, 2.75) is 25.7 Å². The Labute approximate surface area is 85.8 Å². The maximum atomic E-state index is 8.46. The van der Waals surface area contributed by atoms with E-state index in [2.05, 4.69) is 17.9 Å². The van der Waals surface area contributed by atoms with E-state index in [9.17, 15) is 0 Å². The van der Waals surface area contributed by atoms with Crippen LogP contribution in [0.3, 0.4) is 0 Å². The Kier molecular flexibility index (Phi) is 5.54. The molecule has 0 heterocycles. The van der Waals surface area contributed by atoms with Crippen LogP contribution in [0.15, 0.2) is 36.0 Å². The van der Waals surface area contributed by atoms with Crippen LogP contribution < -0.4 is 0 Å². The zero-order valence-electron chi connectivity index (χ0n) is 8.37. The van der Waals surface area contributed by atoms with Crippen molar-refractivity contribution in [2.24, 2.45) is 0 Å². The molecule has 0 saturated carbocycles. The van der Waals surface area contributed by atoms with Gasteiger partial charge in [-0.1, -0.05) is 36.1 Å². The van der Waals surface area contributed by atoms with Crippen LogP contribution in [-0.4, -0.2) is 11.7 Å². The lowest BCUT2D eigenvalue weighted by atomic mass is 10.0. The van der Waals surface area contributed by atoms with Gasteiger partial charge in [0.1, 0.15) is 0 Å². The summed E-state index contributed by atoms with van der Waals surface area (Å²) in [5.74, 6) is 6.11. The zero-order chi connectivity index (χ0) is 10.1. The van der Waals surface area contributed by atoms with Gasteiger partial charge in [0, 0.05) is 0 Å². The molecule has 0 fully saturated rings. The van der Waals surface area contributed by atoms with Crippen molar-refractivity contribution >= 4 is 0 Å². The third-order valence-corrected chi connectivity index (χ3v) is 2.06. The SMILES string of the molecule is OC/C=C/C=C/C#CC1=CCCCC1. The number of hydrogen-bond acceptors (Lipinski definition) is 1. The van der Waals surface area contributed by atoms with E-state index in [1.54, 1.807) is 12.2 Å². The Bertz CT molecular complexity index is 297. The summed E-state index contributed by atoms with van der Waals surface area (Å²) >= 11 is 0. The minimum atomic E-state index is 0.0862. The summed E-state index contributed by atoms with van der Waals surface area (Å²) in [6, 6.07) is 0. The predicted molar refractivity (Wildman–Crippen MR) is 59.7 cm³/mol. The molecule has 1 heteroatoms. The van der Waals surface area contributed by atoms with Crippen molar-refractivity contribution in [3.8, 4) is 11.8 Å². The van der Waals surface area contributed by atoms with E-state index in [1.165, 1.54) is 24.8 Å². The van der Waals surface area contributed by atoms with Crippen molar-refractivity contribution in [2.75, 3.05) is 6.61 Å². The van der Waals surface area contributed by atoms with E-state index >= 15 is 0 Å². The molecule has 0 unspecified atom stereocenters. The summed E-state index contributed by atoms with van der Waals surface area (Å²) in [6.07, 6.45) is 14.2. The van der Waals surface area contributed by atoms with Crippen LogP contribution in [0.2, 0.25) is 0 Å². The molecule has 0 aromatic carbocycles. The first-order chi connectivity index (χ1) is 6.93. The number of allylic oxidation sites excluding steroid dienone is 5. The van der Waals surface area contributed by atoms with Crippen LogP contribution in [0.1, 0.15) is 25.7 Å². The van der Waals surface area contributed by atoms with E-state index in [0.717, 1.165) is 6.42 Å². The average Bonchev–Trinajstić information content (AvgIpc) is 2.25. The van der Waals surface area contributed by atoms with Gasteiger partial charge in [-0.25, -0.2) is 0 Å². The number of rotatable bonds is 2. The normalized spacial score (nSPS) is 16.8. The van der Waals surface area contributed by atoms with Crippen LogP contribution in [0.25, 0.3) is 0 Å². The molecule has 1 nitrogen and oxygen atoms in total. The van der Waals surface area contributed by atoms with Crippen LogP contribution >= 0.6 is 0 Å². The fourth-order valence-corrected chi connectivity index (χ4v) is 1.33. The molecule has 1 aliphatic rings. The first-order valence-corrected chi connectivity index (χ1v) is 5.06. The van der Waals surface area contributed by atoms with Gasteiger partial charge in [-0.15, -0.1) is 0 Å². The van der Waals surface area contributed by atoms with Gasteiger partial charge >= 0.3 is 0 Å². The molecule has 1 aliphatic carbocycles. The van der Waals surface area contributed by atoms with Gasteiger partial charge in [-0.05, 0) is 37.3 Å². The second-order valence-electron chi connectivity index (χ2n) is 3.21. The smallest absolute Gasteiger partial charge is 0.0615 e. The fourth-order valence-electron chi connectivity index (χ4n) is 1.33. The first-order valence-electron chi connectivity index (χ1n) is 5.06. The zero-order valence-corrected chi connectivity index (χ0v) is 8.37. The minimum absolute atomic E-state index is 0.0862. The molecule has 0 aromatic rings. The highest BCUT2D eigenvalue weighted by molar-refractivity contribution is 5.34. The summed E-state index contributed by atoms with van der Waals surface area (Å²) in [5.41, 5.74) is 1.27. The number of aliphatic hydroxyl groups excluding tert-OH is 1. The second-order valence-corrected chi connectivity index (χ2v) is 3.21. The standard InChI is InChI=1S/C13H16O/c14-12-8-3-1-2-5-9-13-10-6-4-7-11-13/h1-3,8,10,14H,4,6-7,11-12H2/b2-1+,8-3+. The predicted octanol–water partition coefficient (Wildman–Crippen LogP) is 2.59. The third kappa shape index (κ3) is 4.69. The van der Waals surface area contributed by atoms with E-state index < -0.39 is 0 Å². The van der Waals surface area contributed by atoms with Crippen LogP contribution in [-0.2, 0) is 0 Å². The molecule has 1 rings (SSSR count). The minimum Gasteiger partial charge on any atom is -0.392 e.